The van der Waals surface area contributed by atoms with Crippen LogP contribution < -0.4 is 11.0 Å². The number of rotatable bonds is 10. The van der Waals surface area contributed by atoms with Crippen LogP contribution in [-0.2, 0) is 25.7 Å². The van der Waals surface area contributed by atoms with Gasteiger partial charge in [-0.25, -0.2) is 14.4 Å². The minimum Gasteiger partial charge on any atom is -0.479 e. The average molecular weight is 590 g/mol. The van der Waals surface area contributed by atoms with Crippen molar-refractivity contribution in [1.29, 1.82) is 5.41 Å². The van der Waals surface area contributed by atoms with E-state index in [4.69, 9.17) is 19.2 Å². The fourth-order valence-corrected chi connectivity index (χ4v) is 7.84. The van der Waals surface area contributed by atoms with E-state index in [1.54, 1.807) is 9.91 Å². The molecular formula is C29H47N7O4S. The van der Waals surface area contributed by atoms with E-state index in [0.717, 1.165) is 36.7 Å². The fraction of sp³-hybridized carbons (Fsp3) is 0.655. The van der Waals surface area contributed by atoms with E-state index >= 15 is 0 Å². The van der Waals surface area contributed by atoms with Crippen LogP contribution in [0.25, 0.3) is 11.0 Å². The zero-order chi connectivity index (χ0) is 30.0. The first-order valence-electron chi connectivity index (χ1n) is 14.4. The number of likely N-dealkylation sites (tertiary alicyclic amines) is 1. The van der Waals surface area contributed by atoms with Crippen LogP contribution in [0.5, 0.6) is 0 Å². The summed E-state index contributed by atoms with van der Waals surface area (Å²) < 4.78 is 31.6. The van der Waals surface area contributed by atoms with Gasteiger partial charge in [0.2, 0.25) is 0 Å². The minimum atomic E-state index is -2.39. The van der Waals surface area contributed by atoms with Gasteiger partial charge >= 0.3 is 6.09 Å². The number of nitrogens with one attached hydrogen (secondary N) is 3. The predicted molar refractivity (Wildman–Crippen MR) is 162 cm³/mol. The summed E-state index contributed by atoms with van der Waals surface area (Å²) in [7, 11) is 1.27. The van der Waals surface area contributed by atoms with Gasteiger partial charge in [0.15, 0.2) is 11.5 Å². The minimum absolute atomic E-state index is 0.0261. The van der Waals surface area contributed by atoms with Crippen molar-refractivity contribution in [2.75, 3.05) is 45.3 Å². The number of hydrogen-bond donors (Lipinski definition) is 3. The molecule has 1 spiro atoms. The average Bonchev–Trinajstić information content (AvgIpc) is 3.18. The molecule has 1 atom stereocenters. The molecule has 0 saturated carbocycles. The van der Waals surface area contributed by atoms with Crippen LogP contribution in [0.2, 0.25) is 0 Å². The SMILES string of the molecule is C=C(OCCC[C@@H](C)Cn1c(=N)[nH]c2ccc(N=S3(=O)CCC4(CC3)CN(C(=O)OC(C)(C)C)C4)cc21)N(C)NC. The van der Waals surface area contributed by atoms with E-state index in [1.807, 2.05) is 57.6 Å². The number of carbonyl (C=O) groups excluding carboxylic acids is 1. The number of fused-ring (bicyclic) bond motifs is 1. The molecule has 11 nitrogen and oxygen atoms in total. The third kappa shape index (κ3) is 7.65. The van der Waals surface area contributed by atoms with Gasteiger partial charge in [-0.15, -0.1) is 0 Å². The molecule has 2 aliphatic heterocycles. The normalized spacial score (nSPS) is 18.5. The Morgan fingerprint density at radius 2 is 2.00 bits per heavy atom. The molecule has 0 radical (unpaired) electrons. The van der Waals surface area contributed by atoms with Gasteiger partial charge in [0.05, 0.1) is 33.1 Å². The molecule has 4 rings (SSSR count). The largest absolute Gasteiger partial charge is 0.479 e. The van der Waals surface area contributed by atoms with Gasteiger partial charge < -0.3 is 23.9 Å². The van der Waals surface area contributed by atoms with Crippen LogP contribution in [0.4, 0.5) is 10.5 Å². The number of aromatic amines is 1. The maximum atomic E-state index is 13.7. The number of ether oxygens (including phenoxy) is 2. The van der Waals surface area contributed by atoms with Crippen molar-refractivity contribution >= 4 is 32.5 Å². The monoisotopic (exact) mass is 589 g/mol. The lowest BCUT2D eigenvalue weighted by Crippen LogP contribution is -2.61. The third-order valence-corrected chi connectivity index (χ3v) is 10.2. The third-order valence-electron chi connectivity index (χ3n) is 7.99. The number of H-pyrrole nitrogens is 1. The van der Waals surface area contributed by atoms with Gasteiger partial charge in [0.25, 0.3) is 0 Å². The lowest BCUT2D eigenvalue weighted by molar-refractivity contribution is -0.0378. The van der Waals surface area contributed by atoms with Crippen LogP contribution in [0.15, 0.2) is 35.0 Å². The highest BCUT2D eigenvalue weighted by atomic mass is 32.2. The summed E-state index contributed by atoms with van der Waals surface area (Å²) in [4.78, 5) is 17.3. The molecule has 0 bridgehead atoms. The second kappa shape index (κ2) is 12.1. The van der Waals surface area contributed by atoms with E-state index < -0.39 is 15.3 Å². The second-order valence-electron chi connectivity index (χ2n) is 12.7. The van der Waals surface area contributed by atoms with Gasteiger partial charge in [-0.1, -0.05) is 6.92 Å². The fourth-order valence-electron chi connectivity index (χ4n) is 5.45. The molecule has 0 aliphatic carbocycles. The number of hydrazine groups is 1. The molecule has 228 valence electrons. The number of amides is 1. The Morgan fingerprint density at radius 3 is 2.63 bits per heavy atom. The van der Waals surface area contributed by atoms with Crippen molar-refractivity contribution in [2.45, 2.75) is 65.5 Å². The van der Waals surface area contributed by atoms with Crippen LogP contribution in [0.3, 0.4) is 0 Å². The van der Waals surface area contributed by atoms with Gasteiger partial charge in [-0.3, -0.25) is 10.4 Å². The molecule has 0 unspecified atom stereocenters. The van der Waals surface area contributed by atoms with Gasteiger partial charge in [-0.05, 0) is 77.2 Å². The van der Waals surface area contributed by atoms with Gasteiger partial charge in [0.1, 0.15) is 5.60 Å². The summed E-state index contributed by atoms with van der Waals surface area (Å²) in [6.07, 6.45) is 3.14. The predicted octanol–water partition coefficient (Wildman–Crippen LogP) is 4.55. The molecule has 41 heavy (non-hydrogen) atoms. The highest BCUT2D eigenvalue weighted by Crippen LogP contribution is 2.42. The van der Waals surface area contributed by atoms with Crippen LogP contribution >= 0.6 is 0 Å². The second-order valence-corrected chi connectivity index (χ2v) is 15.2. The molecule has 1 aromatic carbocycles. The molecule has 3 heterocycles. The molecule has 3 N–H and O–H groups in total. The van der Waals surface area contributed by atoms with Crippen LogP contribution in [0.1, 0.15) is 53.4 Å². The van der Waals surface area contributed by atoms with E-state index in [-0.39, 0.29) is 11.5 Å². The summed E-state index contributed by atoms with van der Waals surface area (Å²) in [5, 5.41) is 10.2. The molecule has 2 saturated heterocycles. The first kappa shape index (κ1) is 31.0. The standard InChI is InChI=1S/C29H47N7O4S/c1-21(9-8-14-39-22(2)34(7)31-6)18-36-25-17-23(10-11-24(25)32-26(36)30)33-41(38)15-12-29(13-16-41)19-35(20-29)27(37)40-28(3,4)5/h10-11,17,21,31H,2,8-9,12-16,18-20H2,1,3-7H3,(H2,30,32)/t21-/m1/s1. The van der Waals surface area contributed by atoms with Gasteiger partial charge in [-0.2, -0.15) is 4.36 Å². The molecule has 1 amide bonds. The Morgan fingerprint density at radius 1 is 1.32 bits per heavy atom. The maximum Gasteiger partial charge on any atom is 0.410 e. The van der Waals surface area contributed by atoms with Crippen molar-refractivity contribution in [3.63, 3.8) is 0 Å². The number of nitrogens with zero attached hydrogens (tertiary/aromatic N) is 4. The first-order valence-corrected chi connectivity index (χ1v) is 16.3. The summed E-state index contributed by atoms with van der Waals surface area (Å²) in [5.74, 6) is 1.97. The topological polar surface area (TPSA) is 128 Å². The Labute approximate surface area is 243 Å². The number of aromatic nitrogens is 2. The maximum absolute atomic E-state index is 13.7. The highest BCUT2D eigenvalue weighted by Gasteiger charge is 2.48. The number of imidazole rings is 1. The molecule has 2 aliphatic rings. The lowest BCUT2D eigenvalue weighted by atomic mass is 9.75. The molecule has 2 fully saturated rings. The lowest BCUT2D eigenvalue weighted by Gasteiger charge is -2.52. The Bertz CT molecular complexity index is 1430. The molecule has 2 aromatic rings. The van der Waals surface area contributed by atoms with Crippen molar-refractivity contribution < 1.29 is 18.5 Å². The zero-order valence-corrected chi connectivity index (χ0v) is 26.2. The summed E-state index contributed by atoms with van der Waals surface area (Å²) >= 11 is 0. The molecular weight excluding hydrogens is 542 g/mol. The van der Waals surface area contributed by atoms with Crippen LogP contribution in [-0.4, -0.2) is 80.7 Å². The number of benzene rings is 1. The summed E-state index contributed by atoms with van der Waals surface area (Å²) in [6, 6.07) is 5.74. The number of hydrogen-bond acceptors (Lipinski definition) is 8. The van der Waals surface area contributed by atoms with Gasteiger partial charge in [0, 0.05) is 50.7 Å². The van der Waals surface area contributed by atoms with Crippen LogP contribution in [0, 0.1) is 16.7 Å². The van der Waals surface area contributed by atoms with E-state index in [2.05, 4.69) is 23.9 Å². The smallest absolute Gasteiger partial charge is 0.410 e. The van der Waals surface area contributed by atoms with Crippen molar-refractivity contribution in [3.05, 3.63) is 36.3 Å². The van der Waals surface area contributed by atoms with Crippen molar-refractivity contribution in [3.8, 4) is 0 Å². The Balaban J connectivity index is 1.36. The summed E-state index contributed by atoms with van der Waals surface area (Å²) in [6.45, 7) is 14.3. The first-order chi connectivity index (χ1) is 19.2. The highest BCUT2D eigenvalue weighted by molar-refractivity contribution is 7.93. The Kier molecular flexibility index (Phi) is 9.13. The molecule has 12 heteroatoms. The molecule has 1 aromatic heterocycles. The quantitative estimate of drug-likeness (QED) is 0.212. The Hall–Kier alpha value is -2.99. The van der Waals surface area contributed by atoms with E-state index in [9.17, 15) is 9.00 Å². The van der Waals surface area contributed by atoms with E-state index in [0.29, 0.717) is 60.9 Å². The zero-order valence-electron chi connectivity index (χ0n) is 25.4. The van der Waals surface area contributed by atoms with Crippen molar-refractivity contribution in [2.24, 2.45) is 15.7 Å². The van der Waals surface area contributed by atoms with E-state index in [1.165, 1.54) is 0 Å². The number of carbonyl (C=O) groups is 1. The van der Waals surface area contributed by atoms with Crippen molar-refractivity contribution in [1.82, 2.24) is 24.9 Å². The summed E-state index contributed by atoms with van der Waals surface area (Å²) in [5.41, 5.74) is 5.26.